The molecule has 4 aromatic rings. The van der Waals surface area contributed by atoms with Crippen molar-refractivity contribution in [1.29, 1.82) is 0 Å². The average Bonchev–Trinajstić information content (AvgIpc) is 3.39. The SMILES string of the molecule is O=C(Nc1ccn(Cc2ccc(F)cc2Cl)n1)c1ccc(COc2ccc(Br)cc2Cl)o1. The van der Waals surface area contributed by atoms with E-state index in [1.54, 1.807) is 47.3 Å². The van der Waals surface area contributed by atoms with Crippen LogP contribution in [0.2, 0.25) is 10.0 Å². The number of nitrogens with one attached hydrogen (secondary N) is 1. The van der Waals surface area contributed by atoms with Crippen LogP contribution in [0, 0.1) is 5.82 Å². The van der Waals surface area contributed by atoms with E-state index in [0.717, 1.165) is 4.47 Å². The molecule has 0 aliphatic rings. The van der Waals surface area contributed by atoms with Crippen LogP contribution >= 0.6 is 39.1 Å². The van der Waals surface area contributed by atoms with Crippen molar-refractivity contribution in [3.8, 4) is 5.75 Å². The molecule has 0 spiro atoms. The Morgan fingerprint density at radius 3 is 2.75 bits per heavy atom. The summed E-state index contributed by atoms with van der Waals surface area (Å²) in [5.74, 6) is 0.554. The first-order valence-corrected chi connectivity index (χ1v) is 10.9. The Labute approximate surface area is 201 Å². The van der Waals surface area contributed by atoms with Gasteiger partial charge in [0.05, 0.1) is 11.6 Å². The fraction of sp³-hybridized carbons (Fsp3) is 0.0909. The van der Waals surface area contributed by atoms with Gasteiger partial charge in [0.15, 0.2) is 11.6 Å². The maximum absolute atomic E-state index is 13.2. The number of benzene rings is 2. The summed E-state index contributed by atoms with van der Waals surface area (Å²) in [5.41, 5.74) is 0.704. The minimum atomic E-state index is -0.456. The van der Waals surface area contributed by atoms with Crippen LogP contribution in [0.5, 0.6) is 5.75 Å². The number of carbonyl (C=O) groups excluding carboxylic acids is 1. The largest absolute Gasteiger partial charge is 0.484 e. The van der Waals surface area contributed by atoms with E-state index in [2.05, 4.69) is 26.3 Å². The zero-order valence-corrected chi connectivity index (χ0v) is 19.4. The van der Waals surface area contributed by atoms with E-state index in [1.165, 1.54) is 12.1 Å². The zero-order valence-electron chi connectivity index (χ0n) is 16.3. The van der Waals surface area contributed by atoms with E-state index in [1.807, 2.05) is 6.07 Å². The summed E-state index contributed by atoms with van der Waals surface area (Å²) in [4.78, 5) is 12.5. The molecule has 0 aliphatic heterocycles. The number of ether oxygens (including phenoxy) is 1. The van der Waals surface area contributed by atoms with E-state index in [9.17, 15) is 9.18 Å². The minimum Gasteiger partial charge on any atom is -0.484 e. The summed E-state index contributed by atoms with van der Waals surface area (Å²) >= 11 is 15.5. The van der Waals surface area contributed by atoms with Crippen molar-refractivity contribution in [2.75, 3.05) is 5.32 Å². The lowest BCUT2D eigenvalue weighted by atomic mass is 10.2. The summed E-state index contributed by atoms with van der Waals surface area (Å²) in [6, 6.07) is 14.3. The van der Waals surface area contributed by atoms with Crippen LogP contribution in [0.3, 0.4) is 0 Å². The molecule has 0 saturated carbocycles. The van der Waals surface area contributed by atoms with Crippen molar-refractivity contribution < 1.29 is 18.3 Å². The second-order valence-electron chi connectivity index (χ2n) is 6.72. The highest BCUT2D eigenvalue weighted by Gasteiger charge is 2.14. The lowest BCUT2D eigenvalue weighted by Crippen LogP contribution is -2.12. The molecule has 10 heteroatoms. The molecule has 2 heterocycles. The van der Waals surface area contributed by atoms with E-state index in [-0.39, 0.29) is 12.4 Å². The Balaban J connectivity index is 1.35. The highest BCUT2D eigenvalue weighted by molar-refractivity contribution is 9.10. The molecule has 0 unspecified atom stereocenters. The molecule has 1 amide bonds. The fourth-order valence-electron chi connectivity index (χ4n) is 2.84. The molecule has 0 atom stereocenters. The number of rotatable bonds is 7. The number of hydrogen-bond donors (Lipinski definition) is 1. The first-order valence-electron chi connectivity index (χ1n) is 9.33. The number of amides is 1. The Morgan fingerprint density at radius 1 is 1.12 bits per heavy atom. The van der Waals surface area contributed by atoms with Crippen LogP contribution in [-0.4, -0.2) is 15.7 Å². The number of aromatic nitrogens is 2. The van der Waals surface area contributed by atoms with E-state index < -0.39 is 11.7 Å². The Hall–Kier alpha value is -2.81. The number of furan rings is 1. The molecule has 4 rings (SSSR count). The predicted octanol–water partition coefficient (Wildman–Crippen LogP) is 6.56. The lowest BCUT2D eigenvalue weighted by molar-refractivity contribution is 0.0992. The normalized spacial score (nSPS) is 10.9. The molecular formula is C22H15BrCl2FN3O3. The van der Waals surface area contributed by atoms with Gasteiger partial charge in [0, 0.05) is 21.8 Å². The third-order valence-corrected chi connectivity index (χ3v) is 5.52. The van der Waals surface area contributed by atoms with Gasteiger partial charge in [-0.2, -0.15) is 5.10 Å². The van der Waals surface area contributed by atoms with Crippen LogP contribution in [0.1, 0.15) is 21.9 Å². The molecule has 1 N–H and O–H groups in total. The molecule has 0 saturated heterocycles. The summed E-state index contributed by atoms with van der Waals surface area (Å²) in [6.45, 7) is 0.442. The van der Waals surface area contributed by atoms with E-state index in [0.29, 0.717) is 39.5 Å². The Morgan fingerprint density at radius 2 is 1.97 bits per heavy atom. The van der Waals surface area contributed by atoms with E-state index >= 15 is 0 Å². The third-order valence-electron chi connectivity index (χ3n) is 4.38. The predicted molar refractivity (Wildman–Crippen MR) is 123 cm³/mol. The molecule has 0 fully saturated rings. The van der Waals surface area contributed by atoms with Gasteiger partial charge >= 0.3 is 0 Å². The summed E-state index contributed by atoms with van der Waals surface area (Å²) < 4.78 is 26.8. The second kappa shape index (κ2) is 9.77. The Bertz CT molecular complexity index is 1280. The topological polar surface area (TPSA) is 69.3 Å². The smallest absolute Gasteiger partial charge is 0.292 e. The maximum atomic E-state index is 13.2. The molecule has 164 valence electrons. The van der Waals surface area contributed by atoms with Gasteiger partial charge < -0.3 is 14.5 Å². The molecule has 0 radical (unpaired) electrons. The van der Waals surface area contributed by atoms with Gasteiger partial charge in [-0.15, -0.1) is 0 Å². The number of carbonyl (C=O) groups is 1. The van der Waals surface area contributed by atoms with Gasteiger partial charge in [0.1, 0.15) is 23.9 Å². The van der Waals surface area contributed by atoms with Gasteiger partial charge in [0.25, 0.3) is 5.91 Å². The van der Waals surface area contributed by atoms with Crippen molar-refractivity contribution in [1.82, 2.24) is 9.78 Å². The lowest BCUT2D eigenvalue weighted by Gasteiger charge is -2.06. The van der Waals surface area contributed by atoms with Gasteiger partial charge in [-0.25, -0.2) is 4.39 Å². The van der Waals surface area contributed by atoms with Crippen molar-refractivity contribution in [3.63, 3.8) is 0 Å². The molecule has 0 bridgehead atoms. The molecule has 2 aromatic heterocycles. The first kappa shape index (κ1) is 22.4. The second-order valence-corrected chi connectivity index (χ2v) is 8.45. The highest BCUT2D eigenvalue weighted by Crippen LogP contribution is 2.28. The summed E-state index contributed by atoms with van der Waals surface area (Å²) in [5, 5.41) is 7.71. The van der Waals surface area contributed by atoms with Gasteiger partial charge in [-0.3, -0.25) is 9.48 Å². The van der Waals surface area contributed by atoms with Crippen LogP contribution in [0.15, 0.2) is 69.7 Å². The van der Waals surface area contributed by atoms with Gasteiger partial charge in [-0.05, 0) is 48.0 Å². The van der Waals surface area contributed by atoms with E-state index in [4.69, 9.17) is 32.4 Å². The number of hydrogen-bond acceptors (Lipinski definition) is 4. The van der Waals surface area contributed by atoms with Crippen LogP contribution < -0.4 is 10.1 Å². The van der Waals surface area contributed by atoms with Crippen molar-refractivity contribution in [2.45, 2.75) is 13.2 Å². The quantitative estimate of drug-likeness (QED) is 0.289. The fourth-order valence-corrected chi connectivity index (χ4v) is 3.79. The number of halogens is 4. The van der Waals surface area contributed by atoms with Crippen LogP contribution in [0.25, 0.3) is 0 Å². The van der Waals surface area contributed by atoms with Crippen molar-refractivity contribution in [2.24, 2.45) is 0 Å². The summed E-state index contributed by atoms with van der Waals surface area (Å²) in [6.07, 6.45) is 1.68. The summed E-state index contributed by atoms with van der Waals surface area (Å²) in [7, 11) is 0. The van der Waals surface area contributed by atoms with Crippen molar-refractivity contribution >= 4 is 50.9 Å². The standard InChI is InChI=1S/C22H15BrCl2FN3O3/c23-14-2-5-19(18(25)9-14)31-12-16-4-6-20(32-16)22(30)27-21-7-8-29(28-21)11-13-1-3-15(26)10-17(13)24/h1-10H,11-12H2,(H,27,28,30). The number of nitrogens with zero attached hydrogens (tertiary/aromatic N) is 2. The molecule has 0 aliphatic carbocycles. The first-order chi connectivity index (χ1) is 15.4. The molecule has 6 nitrogen and oxygen atoms in total. The average molecular weight is 539 g/mol. The monoisotopic (exact) mass is 537 g/mol. The van der Waals surface area contributed by atoms with Crippen LogP contribution in [-0.2, 0) is 13.2 Å². The van der Waals surface area contributed by atoms with Gasteiger partial charge in [-0.1, -0.05) is 45.2 Å². The van der Waals surface area contributed by atoms with Crippen molar-refractivity contribution in [3.05, 3.63) is 98.2 Å². The maximum Gasteiger partial charge on any atom is 0.292 e. The molecule has 2 aromatic carbocycles. The van der Waals surface area contributed by atoms with Crippen LogP contribution in [0.4, 0.5) is 10.2 Å². The molecular weight excluding hydrogens is 524 g/mol. The zero-order chi connectivity index (χ0) is 22.7. The third kappa shape index (κ3) is 5.51. The Kier molecular flexibility index (Phi) is 6.83. The number of anilines is 1. The molecule has 32 heavy (non-hydrogen) atoms. The van der Waals surface area contributed by atoms with Gasteiger partial charge in [0.2, 0.25) is 0 Å². The highest BCUT2D eigenvalue weighted by atomic mass is 79.9. The minimum absolute atomic E-state index is 0.113.